The monoisotopic (exact) mass is 273 g/mol. The van der Waals surface area contributed by atoms with Crippen LogP contribution in [-0.2, 0) is 13.1 Å². The van der Waals surface area contributed by atoms with E-state index in [4.69, 9.17) is 4.74 Å². The zero-order valence-corrected chi connectivity index (χ0v) is 12.7. The lowest BCUT2D eigenvalue weighted by atomic mass is 10.1. The molecule has 1 aromatic heterocycles. The summed E-state index contributed by atoms with van der Waals surface area (Å²) in [5.74, 6) is 0.927. The second-order valence-corrected chi connectivity index (χ2v) is 4.97. The predicted molar refractivity (Wildman–Crippen MR) is 81.2 cm³/mol. The van der Waals surface area contributed by atoms with Gasteiger partial charge in [-0.3, -0.25) is 0 Å². The highest BCUT2D eigenvalue weighted by molar-refractivity contribution is 5.37. The number of hydrogen-bond acceptors (Lipinski definition) is 3. The average molecular weight is 273 g/mol. The van der Waals surface area contributed by atoms with Crippen LogP contribution in [0.2, 0.25) is 0 Å². The van der Waals surface area contributed by atoms with Crippen LogP contribution in [0.5, 0.6) is 5.75 Å². The van der Waals surface area contributed by atoms with Gasteiger partial charge >= 0.3 is 0 Å². The second-order valence-electron chi connectivity index (χ2n) is 4.97. The molecule has 0 atom stereocenters. The van der Waals surface area contributed by atoms with Gasteiger partial charge in [-0.05, 0) is 38.1 Å². The summed E-state index contributed by atoms with van der Waals surface area (Å²) >= 11 is 0. The Morgan fingerprint density at radius 1 is 1.30 bits per heavy atom. The van der Waals surface area contributed by atoms with Gasteiger partial charge in [0.25, 0.3) is 0 Å². The normalized spacial score (nSPS) is 10.8. The Morgan fingerprint density at radius 3 is 2.70 bits per heavy atom. The molecule has 0 aliphatic rings. The van der Waals surface area contributed by atoms with E-state index in [1.165, 1.54) is 16.8 Å². The SMILES string of the molecule is CCNCc1ccc(OC)c(Cn2cnc(C)c2C)c1. The number of nitrogens with one attached hydrogen (secondary N) is 1. The van der Waals surface area contributed by atoms with E-state index >= 15 is 0 Å². The number of imidazole rings is 1. The molecule has 1 heterocycles. The average Bonchev–Trinajstić information content (AvgIpc) is 2.77. The summed E-state index contributed by atoms with van der Waals surface area (Å²) in [5, 5.41) is 3.35. The Hall–Kier alpha value is -1.81. The molecule has 0 unspecified atom stereocenters. The third-order valence-electron chi connectivity index (χ3n) is 3.61. The predicted octanol–water partition coefficient (Wildman–Crippen LogP) is 2.67. The van der Waals surface area contributed by atoms with Crippen LogP contribution in [0.25, 0.3) is 0 Å². The van der Waals surface area contributed by atoms with Crippen molar-refractivity contribution in [2.45, 2.75) is 33.9 Å². The van der Waals surface area contributed by atoms with E-state index in [2.05, 4.69) is 40.8 Å². The molecule has 2 aromatic rings. The zero-order valence-electron chi connectivity index (χ0n) is 12.7. The number of rotatable bonds is 6. The minimum atomic E-state index is 0.788. The Bertz CT molecular complexity index is 575. The maximum absolute atomic E-state index is 5.47. The van der Waals surface area contributed by atoms with Crippen molar-refractivity contribution >= 4 is 0 Å². The van der Waals surface area contributed by atoms with Gasteiger partial charge in [-0.25, -0.2) is 4.98 Å². The maximum Gasteiger partial charge on any atom is 0.123 e. The maximum atomic E-state index is 5.47. The van der Waals surface area contributed by atoms with Crippen LogP contribution in [0.1, 0.15) is 29.4 Å². The van der Waals surface area contributed by atoms with Crippen molar-refractivity contribution < 1.29 is 4.74 Å². The van der Waals surface area contributed by atoms with E-state index in [1.807, 2.05) is 19.3 Å². The summed E-state index contributed by atoms with van der Waals surface area (Å²) in [6, 6.07) is 6.36. The van der Waals surface area contributed by atoms with Gasteiger partial charge in [-0.1, -0.05) is 13.0 Å². The van der Waals surface area contributed by atoms with Gasteiger partial charge < -0.3 is 14.6 Å². The largest absolute Gasteiger partial charge is 0.496 e. The Labute approximate surface area is 120 Å². The number of nitrogens with zero attached hydrogens (tertiary/aromatic N) is 2. The topological polar surface area (TPSA) is 39.1 Å². The Kier molecular flexibility index (Phi) is 4.79. The van der Waals surface area contributed by atoms with E-state index in [1.54, 1.807) is 7.11 Å². The highest BCUT2D eigenvalue weighted by Crippen LogP contribution is 2.22. The molecule has 20 heavy (non-hydrogen) atoms. The van der Waals surface area contributed by atoms with Crippen LogP contribution in [0.15, 0.2) is 24.5 Å². The van der Waals surface area contributed by atoms with Gasteiger partial charge in [0.05, 0.1) is 25.7 Å². The molecule has 1 N–H and O–H groups in total. The molecular weight excluding hydrogens is 250 g/mol. The molecule has 0 saturated carbocycles. The van der Waals surface area contributed by atoms with E-state index in [0.717, 1.165) is 31.1 Å². The lowest BCUT2D eigenvalue weighted by molar-refractivity contribution is 0.408. The fraction of sp³-hybridized carbons (Fsp3) is 0.438. The third-order valence-corrected chi connectivity index (χ3v) is 3.61. The van der Waals surface area contributed by atoms with Crippen molar-refractivity contribution in [1.82, 2.24) is 14.9 Å². The lowest BCUT2D eigenvalue weighted by Crippen LogP contribution is -2.12. The molecule has 0 amide bonds. The summed E-state index contributed by atoms with van der Waals surface area (Å²) < 4.78 is 7.63. The molecule has 0 fully saturated rings. The first-order valence-electron chi connectivity index (χ1n) is 7.00. The van der Waals surface area contributed by atoms with Gasteiger partial charge in [0.2, 0.25) is 0 Å². The summed E-state index contributed by atoms with van der Waals surface area (Å²) in [5.41, 5.74) is 4.73. The summed E-state index contributed by atoms with van der Waals surface area (Å²) in [6.45, 7) is 8.89. The molecule has 0 bridgehead atoms. The van der Waals surface area contributed by atoms with Crippen LogP contribution in [0.3, 0.4) is 0 Å². The Morgan fingerprint density at radius 2 is 2.10 bits per heavy atom. The van der Waals surface area contributed by atoms with Crippen molar-refractivity contribution in [3.63, 3.8) is 0 Å². The number of ether oxygens (including phenoxy) is 1. The highest BCUT2D eigenvalue weighted by Gasteiger charge is 2.08. The first-order chi connectivity index (χ1) is 9.65. The minimum absolute atomic E-state index is 0.788. The number of methoxy groups -OCH3 is 1. The van der Waals surface area contributed by atoms with Gasteiger partial charge in [-0.15, -0.1) is 0 Å². The quantitative estimate of drug-likeness (QED) is 0.879. The number of hydrogen-bond donors (Lipinski definition) is 1. The number of aryl methyl sites for hydroxylation is 1. The van der Waals surface area contributed by atoms with Crippen molar-refractivity contribution in [2.24, 2.45) is 0 Å². The van der Waals surface area contributed by atoms with Gasteiger partial charge in [0.1, 0.15) is 5.75 Å². The van der Waals surface area contributed by atoms with Crippen LogP contribution < -0.4 is 10.1 Å². The summed E-state index contributed by atoms with van der Waals surface area (Å²) in [6.07, 6.45) is 1.89. The standard InChI is InChI=1S/C16H23N3O/c1-5-17-9-14-6-7-16(20-4)15(8-14)10-19-11-18-12(2)13(19)3/h6-8,11,17H,5,9-10H2,1-4H3. The smallest absolute Gasteiger partial charge is 0.123 e. The van der Waals surface area contributed by atoms with Crippen LogP contribution in [0.4, 0.5) is 0 Å². The van der Waals surface area contributed by atoms with E-state index in [0.29, 0.717) is 0 Å². The van der Waals surface area contributed by atoms with Crippen molar-refractivity contribution in [3.8, 4) is 5.75 Å². The molecule has 4 nitrogen and oxygen atoms in total. The number of benzene rings is 1. The molecule has 0 aliphatic carbocycles. The molecule has 108 valence electrons. The molecule has 0 spiro atoms. The van der Waals surface area contributed by atoms with Gasteiger partial charge in [0, 0.05) is 17.8 Å². The van der Waals surface area contributed by atoms with Crippen molar-refractivity contribution in [3.05, 3.63) is 47.0 Å². The number of aromatic nitrogens is 2. The third kappa shape index (κ3) is 3.20. The molecule has 0 saturated heterocycles. The van der Waals surface area contributed by atoms with E-state index in [9.17, 15) is 0 Å². The lowest BCUT2D eigenvalue weighted by Gasteiger charge is -2.13. The van der Waals surface area contributed by atoms with Crippen LogP contribution in [-0.4, -0.2) is 23.2 Å². The van der Waals surface area contributed by atoms with Crippen LogP contribution in [0, 0.1) is 13.8 Å². The molecule has 0 radical (unpaired) electrons. The summed E-state index contributed by atoms with van der Waals surface area (Å²) in [4.78, 5) is 4.35. The first-order valence-corrected chi connectivity index (χ1v) is 7.00. The zero-order chi connectivity index (χ0) is 14.5. The van der Waals surface area contributed by atoms with E-state index < -0.39 is 0 Å². The Balaban J connectivity index is 2.26. The van der Waals surface area contributed by atoms with Gasteiger partial charge in [0.15, 0.2) is 0 Å². The van der Waals surface area contributed by atoms with E-state index in [-0.39, 0.29) is 0 Å². The molecular formula is C16H23N3O. The summed E-state index contributed by atoms with van der Waals surface area (Å²) in [7, 11) is 1.72. The molecule has 2 rings (SSSR count). The van der Waals surface area contributed by atoms with Crippen LogP contribution >= 0.6 is 0 Å². The molecule has 0 aliphatic heterocycles. The first kappa shape index (κ1) is 14.6. The fourth-order valence-electron chi connectivity index (χ4n) is 2.22. The minimum Gasteiger partial charge on any atom is -0.496 e. The highest BCUT2D eigenvalue weighted by atomic mass is 16.5. The van der Waals surface area contributed by atoms with Crippen molar-refractivity contribution in [1.29, 1.82) is 0 Å². The molecule has 4 heteroatoms. The van der Waals surface area contributed by atoms with Gasteiger partial charge in [-0.2, -0.15) is 0 Å². The second kappa shape index (κ2) is 6.57. The fourth-order valence-corrected chi connectivity index (χ4v) is 2.22. The molecule has 1 aromatic carbocycles. The van der Waals surface area contributed by atoms with Crippen molar-refractivity contribution in [2.75, 3.05) is 13.7 Å².